The van der Waals surface area contributed by atoms with Gasteiger partial charge in [0, 0.05) is 0 Å². The summed E-state index contributed by atoms with van der Waals surface area (Å²) in [6, 6.07) is 4.88. The number of amides is 1. The Morgan fingerprint density at radius 2 is 2.00 bits per heavy atom. The maximum Gasteiger partial charge on any atom is 0.253 e. The molecule has 0 spiro atoms. The second kappa shape index (κ2) is 6.26. The fraction of sp³-hybridized carbons (Fsp3) is 0.417. The number of nitrogens with two attached hydrogens (primary N) is 1. The Morgan fingerprint density at radius 3 is 2.56 bits per heavy atom. The van der Waals surface area contributed by atoms with Gasteiger partial charge in [-0.15, -0.1) is 0 Å². The standard InChI is InChI=1S/C12H18ClN2O2P/c1-3-18(17,4-2)8-15-12(16)9-6-5-7-10(13)11(9)14/h5-7H,3-4,8,14H2,1-2H3,(H,15,16). The lowest BCUT2D eigenvalue weighted by Gasteiger charge is -2.15. The van der Waals surface area contributed by atoms with Gasteiger partial charge >= 0.3 is 0 Å². The molecule has 0 saturated carbocycles. The van der Waals surface area contributed by atoms with Gasteiger partial charge in [0.15, 0.2) is 0 Å². The molecule has 0 bridgehead atoms. The van der Waals surface area contributed by atoms with Gasteiger partial charge in [-0.3, -0.25) is 4.79 Å². The molecule has 0 aliphatic heterocycles. The van der Waals surface area contributed by atoms with E-state index >= 15 is 0 Å². The van der Waals surface area contributed by atoms with E-state index in [0.717, 1.165) is 0 Å². The Morgan fingerprint density at radius 1 is 1.39 bits per heavy atom. The van der Waals surface area contributed by atoms with Crippen molar-refractivity contribution >= 4 is 30.3 Å². The van der Waals surface area contributed by atoms with Crippen LogP contribution in [-0.4, -0.2) is 24.5 Å². The van der Waals surface area contributed by atoms with Crippen LogP contribution in [0.1, 0.15) is 24.2 Å². The second-order valence-electron chi connectivity index (χ2n) is 4.06. The summed E-state index contributed by atoms with van der Waals surface area (Å²) in [6.07, 6.45) is 1.36. The topological polar surface area (TPSA) is 72.2 Å². The van der Waals surface area contributed by atoms with Gasteiger partial charge in [0.25, 0.3) is 5.91 Å². The van der Waals surface area contributed by atoms with E-state index in [2.05, 4.69) is 5.32 Å². The predicted molar refractivity (Wildman–Crippen MR) is 76.9 cm³/mol. The molecule has 100 valence electrons. The van der Waals surface area contributed by atoms with Gasteiger partial charge in [-0.1, -0.05) is 31.5 Å². The lowest BCUT2D eigenvalue weighted by atomic mass is 10.2. The summed E-state index contributed by atoms with van der Waals surface area (Å²) in [5.74, 6) is -0.336. The Kier molecular flexibility index (Phi) is 5.24. The molecule has 1 amide bonds. The first kappa shape index (κ1) is 15.1. The van der Waals surface area contributed by atoms with Crippen molar-refractivity contribution in [3.63, 3.8) is 0 Å². The average Bonchev–Trinajstić information content (AvgIpc) is 2.39. The number of para-hydroxylation sites is 1. The van der Waals surface area contributed by atoms with E-state index in [9.17, 15) is 9.36 Å². The molecule has 0 aliphatic rings. The van der Waals surface area contributed by atoms with Gasteiger partial charge in [-0.05, 0) is 24.5 Å². The molecule has 0 fully saturated rings. The van der Waals surface area contributed by atoms with E-state index in [4.69, 9.17) is 17.3 Å². The largest absolute Gasteiger partial charge is 0.397 e. The summed E-state index contributed by atoms with van der Waals surface area (Å²) < 4.78 is 12.2. The van der Waals surface area contributed by atoms with E-state index in [-0.39, 0.29) is 17.9 Å². The molecule has 0 radical (unpaired) electrons. The van der Waals surface area contributed by atoms with Crippen molar-refractivity contribution in [1.29, 1.82) is 0 Å². The van der Waals surface area contributed by atoms with Crippen molar-refractivity contribution in [3.05, 3.63) is 28.8 Å². The zero-order chi connectivity index (χ0) is 13.8. The van der Waals surface area contributed by atoms with Gasteiger partial charge in [0.2, 0.25) is 0 Å². The average molecular weight is 289 g/mol. The van der Waals surface area contributed by atoms with Crippen LogP contribution < -0.4 is 11.1 Å². The number of benzene rings is 1. The minimum absolute atomic E-state index is 0.199. The molecule has 0 aromatic heterocycles. The van der Waals surface area contributed by atoms with Crippen LogP contribution >= 0.6 is 18.7 Å². The molecule has 1 aromatic rings. The molecule has 3 N–H and O–H groups in total. The highest BCUT2D eigenvalue weighted by Gasteiger charge is 2.19. The molecule has 0 unspecified atom stereocenters. The van der Waals surface area contributed by atoms with Gasteiger partial charge in [-0.25, -0.2) is 0 Å². The molecule has 1 rings (SSSR count). The highest BCUT2D eigenvalue weighted by Crippen LogP contribution is 2.43. The van der Waals surface area contributed by atoms with E-state index in [1.807, 2.05) is 13.8 Å². The maximum absolute atomic E-state index is 12.2. The highest BCUT2D eigenvalue weighted by molar-refractivity contribution is 7.63. The van der Waals surface area contributed by atoms with Crippen molar-refractivity contribution in [2.24, 2.45) is 0 Å². The monoisotopic (exact) mass is 288 g/mol. The number of carbonyl (C=O) groups excluding carboxylic acids is 1. The first-order chi connectivity index (χ1) is 8.43. The number of nitrogens with one attached hydrogen (secondary N) is 1. The summed E-state index contributed by atoms with van der Waals surface area (Å²) in [4.78, 5) is 11.9. The molecule has 0 atom stereocenters. The molecule has 0 aliphatic carbocycles. The smallest absolute Gasteiger partial charge is 0.253 e. The number of carbonyl (C=O) groups is 1. The predicted octanol–water partition coefficient (Wildman–Crippen LogP) is 3.01. The molecular formula is C12H18ClN2O2P. The summed E-state index contributed by atoms with van der Waals surface area (Å²) >= 11 is 5.84. The molecule has 0 saturated heterocycles. The SMILES string of the molecule is CCP(=O)(CC)CNC(=O)c1cccc(Cl)c1N. The fourth-order valence-corrected chi connectivity index (χ4v) is 2.99. The van der Waals surface area contributed by atoms with Crippen molar-refractivity contribution in [1.82, 2.24) is 5.32 Å². The van der Waals surface area contributed by atoms with Crippen LogP contribution in [0.4, 0.5) is 5.69 Å². The van der Waals surface area contributed by atoms with E-state index in [1.165, 1.54) is 0 Å². The molecule has 0 heterocycles. The Labute approximate surface area is 112 Å². The van der Waals surface area contributed by atoms with Crippen LogP contribution in [0.25, 0.3) is 0 Å². The molecule has 18 heavy (non-hydrogen) atoms. The summed E-state index contributed by atoms with van der Waals surface area (Å²) in [7, 11) is -2.29. The first-order valence-electron chi connectivity index (χ1n) is 5.82. The minimum Gasteiger partial charge on any atom is -0.397 e. The quantitative estimate of drug-likeness (QED) is 0.646. The van der Waals surface area contributed by atoms with Crippen LogP contribution in [0.2, 0.25) is 5.02 Å². The highest BCUT2D eigenvalue weighted by atomic mass is 35.5. The van der Waals surface area contributed by atoms with E-state index < -0.39 is 7.14 Å². The van der Waals surface area contributed by atoms with Gasteiger partial charge in [-0.2, -0.15) is 0 Å². The third-order valence-corrected chi connectivity index (χ3v) is 6.35. The normalized spacial score (nSPS) is 11.3. The first-order valence-corrected chi connectivity index (χ1v) is 8.47. The zero-order valence-corrected chi connectivity index (χ0v) is 12.2. The van der Waals surface area contributed by atoms with Crippen molar-refractivity contribution in [3.8, 4) is 0 Å². The lowest BCUT2D eigenvalue weighted by molar-refractivity contribution is 0.0960. The summed E-state index contributed by atoms with van der Waals surface area (Å²) in [6.45, 7) is 3.73. The Hall–Kier alpha value is -0.990. The molecule has 4 nitrogen and oxygen atoms in total. The van der Waals surface area contributed by atoms with Crippen molar-refractivity contribution < 1.29 is 9.36 Å². The number of hydrogen-bond acceptors (Lipinski definition) is 3. The van der Waals surface area contributed by atoms with Crippen LogP contribution in [0.5, 0.6) is 0 Å². The molecular weight excluding hydrogens is 271 g/mol. The fourth-order valence-electron chi connectivity index (χ4n) is 1.49. The van der Waals surface area contributed by atoms with Crippen LogP contribution in [0, 0.1) is 0 Å². The number of anilines is 1. The number of nitrogen functional groups attached to an aromatic ring is 1. The number of hydrogen-bond donors (Lipinski definition) is 2. The molecule has 6 heteroatoms. The summed E-state index contributed by atoms with van der Waals surface area (Å²) in [5, 5.41) is 3.01. The van der Waals surface area contributed by atoms with Crippen LogP contribution in [0.15, 0.2) is 18.2 Å². The minimum atomic E-state index is -2.29. The molecule has 1 aromatic carbocycles. The lowest BCUT2D eigenvalue weighted by Crippen LogP contribution is -2.26. The van der Waals surface area contributed by atoms with Gasteiger partial charge in [0.05, 0.1) is 22.6 Å². The third-order valence-electron chi connectivity index (χ3n) is 2.98. The third kappa shape index (κ3) is 3.50. The zero-order valence-electron chi connectivity index (χ0n) is 10.6. The Bertz CT molecular complexity index is 483. The van der Waals surface area contributed by atoms with Crippen LogP contribution in [0.3, 0.4) is 0 Å². The second-order valence-corrected chi connectivity index (χ2v) is 8.16. The van der Waals surface area contributed by atoms with Crippen molar-refractivity contribution in [2.45, 2.75) is 13.8 Å². The number of rotatable bonds is 5. The van der Waals surface area contributed by atoms with Crippen LogP contribution in [-0.2, 0) is 4.57 Å². The summed E-state index contributed by atoms with van der Waals surface area (Å²) in [5.41, 5.74) is 6.30. The van der Waals surface area contributed by atoms with E-state index in [1.54, 1.807) is 18.2 Å². The number of halogens is 1. The van der Waals surface area contributed by atoms with Gasteiger partial charge < -0.3 is 15.6 Å². The van der Waals surface area contributed by atoms with E-state index in [0.29, 0.717) is 22.9 Å². The van der Waals surface area contributed by atoms with Gasteiger partial charge in [0.1, 0.15) is 7.14 Å². The Balaban J connectivity index is 2.78. The van der Waals surface area contributed by atoms with Crippen molar-refractivity contribution in [2.75, 3.05) is 24.3 Å². The maximum atomic E-state index is 12.2.